The molecule has 0 saturated carbocycles. The van der Waals surface area contributed by atoms with Gasteiger partial charge in [0.15, 0.2) is 0 Å². The molecule has 0 fully saturated rings. The second-order valence-corrected chi connectivity index (χ2v) is 4.96. The monoisotopic (exact) mass is 242 g/mol. The first-order chi connectivity index (χ1) is 8.33. The van der Waals surface area contributed by atoms with Gasteiger partial charge in [0.1, 0.15) is 0 Å². The van der Waals surface area contributed by atoms with Gasteiger partial charge < -0.3 is 0 Å². The van der Waals surface area contributed by atoms with Crippen molar-refractivity contribution in [3.8, 4) is 11.1 Å². The standard InChI is InChI=1S/C16H19P/c1-2-3-10-15-14(11-7-12-16(15)17)13-8-5-4-6-9-13/h4-9,11-12H,2-3,10,17H2,1H3. The van der Waals surface area contributed by atoms with Gasteiger partial charge in [0.05, 0.1) is 0 Å². The van der Waals surface area contributed by atoms with Gasteiger partial charge in [0.25, 0.3) is 0 Å². The van der Waals surface area contributed by atoms with Gasteiger partial charge in [-0.15, -0.1) is 9.24 Å². The quantitative estimate of drug-likeness (QED) is 0.705. The van der Waals surface area contributed by atoms with E-state index in [4.69, 9.17) is 0 Å². The van der Waals surface area contributed by atoms with Gasteiger partial charge in [-0.3, -0.25) is 0 Å². The van der Waals surface area contributed by atoms with Crippen molar-refractivity contribution in [1.82, 2.24) is 0 Å². The van der Waals surface area contributed by atoms with Crippen LogP contribution in [0.4, 0.5) is 0 Å². The summed E-state index contributed by atoms with van der Waals surface area (Å²) >= 11 is 0. The van der Waals surface area contributed by atoms with E-state index in [1.807, 2.05) is 0 Å². The normalized spacial score (nSPS) is 10.5. The third-order valence-electron chi connectivity index (χ3n) is 3.08. The fraction of sp³-hybridized carbons (Fsp3) is 0.250. The lowest BCUT2D eigenvalue weighted by molar-refractivity contribution is 0.799. The summed E-state index contributed by atoms with van der Waals surface area (Å²) in [6.45, 7) is 2.24. The Morgan fingerprint density at radius 3 is 2.41 bits per heavy atom. The van der Waals surface area contributed by atoms with Crippen LogP contribution in [0.3, 0.4) is 0 Å². The van der Waals surface area contributed by atoms with Crippen molar-refractivity contribution in [2.75, 3.05) is 0 Å². The molecule has 1 unspecified atom stereocenters. The predicted molar refractivity (Wildman–Crippen MR) is 79.8 cm³/mol. The molecule has 2 aromatic rings. The van der Waals surface area contributed by atoms with Crippen molar-refractivity contribution in [2.45, 2.75) is 26.2 Å². The number of unbranched alkanes of at least 4 members (excludes halogenated alkanes) is 1. The van der Waals surface area contributed by atoms with Gasteiger partial charge in [0.2, 0.25) is 0 Å². The molecule has 0 amide bonds. The first-order valence-electron chi connectivity index (χ1n) is 6.25. The summed E-state index contributed by atoms with van der Waals surface area (Å²) in [5.41, 5.74) is 4.18. The summed E-state index contributed by atoms with van der Waals surface area (Å²) < 4.78 is 0. The zero-order valence-corrected chi connectivity index (χ0v) is 11.5. The third kappa shape index (κ3) is 2.96. The molecule has 0 nitrogen and oxygen atoms in total. The Kier molecular flexibility index (Phi) is 4.34. The molecule has 17 heavy (non-hydrogen) atoms. The SMILES string of the molecule is CCCCc1c(P)cccc1-c1ccccc1. The Balaban J connectivity index is 2.43. The Labute approximate surface area is 106 Å². The highest BCUT2D eigenvalue weighted by atomic mass is 31.0. The van der Waals surface area contributed by atoms with E-state index in [1.54, 1.807) is 0 Å². The second kappa shape index (κ2) is 5.98. The first kappa shape index (κ1) is 12.3. The molecule has 0 spiro atoms. The van der Waals surface area contributed by atoms with Crippen LogP contribution < -0.4 is 5.30 Å². The largest absolute Gasteiger partial charge is 0.105 e. The van der Waals surface area contributed by atoms with E-state index in [0.717, 1.165) is 0 Å². The highest BCUT2D eigenvalue weighted by molar-refractivity contribution is 7.27. The molecule has 0 aromatic heterocycles. The minimum atomic E-state index is 1.17. The third-order valence-corrected chi connectivity index (χ3v) is 3.62. The van der Waals surface area contributed by atoms with Crippen LogP contribution in [0, 0.1) is 0 Å². The van der Waals surface area contributed by atoms with Crippen molar-refractivity contribution < 1.29 is 0 Å². The van der Waals surface area contributed by atoms with E-state index >= 15 is 0 Å². The smallest absolute Gasteiger partial charge is 0.0146 e. The van der Waals surface area contributed by atoms with E-state index in [1.165, 1.54) is 41.3 Å². The molecule has 0 N–H and O–H groups in total. The maximum absolute atomic E-state index is 2.87. The lowest BCUT2D eigenvalue weighted by Crippen LogP contribution is -2.04. The van der Waals surface area contributed by atoms with E-state index in [0.29, 0.717) is 0 Å². The second-order valence-electron chi connectivity index (χ2n) is 4.34. The molecule has 0 aliphatic heterocycles. The highest BCUT2D eigenvalue weighted by Crippen LogP contribution is 2.24. The molecule has 0 aliphatic carbocycles. The van der Waals surface area contributed by atoms with Gasteiger partial charge in [-0.1, -0.05) is 61.9 Å². The minimum absolute atomic E-state index is 1.17. The van der Waals surface area contributed by atoms with Crippen LogP contribution in [0.25, 0.3) is 11.1 Å². The van der Waals surface area contributed by atoms with Crippen molar-refractivity contribution in [2.24, 2.45) is 0 Å². The first-order valence-corrected chi connectivity index (χ1v) is 6.83. The Morgan fingerprint density at radius 2 is 1.71 bits per heavy atom. The Bertz CT molecular complexity index is 474. The van der Waals surface area contributed by atoms with Gasteiger partial charge in [-0.2, -0.15) is 0 Å². The van der Waals surface area contributed by atoms with Crippen LogP contribution in [0.15, 0.2) is 48.5 Å². The van der Waals surface area contributed by atoms with Gasteiger partial charge in [0, 0.05) is 0 Å². The fourth-order valence-corrected chi connectivity index (χ4v) is 2.54. The van der Waals surface area contributed by atoms with Crippen molar-refractivity contribution >= 4 is 14.5 Å². The zero-order chi connectivity index (χ0) is 12.1. The lowest BCUT2D eigenvalue weighted by Gasteiger charge is -2.12. The van der Waals surface area contributed by atoms with E-state index < -0.39 is 0 Å². The van der Waals surface area contributed by atoms with Crippen molar-refractivity contribution in [3.05, 3.63) is 54.1 Å². The van der Waals surface area contributed by atoms with E-state index in [-0.39, 0.29) is 0 Å². The molecule has 0 aliphatic rings. The number of benzene rings is 2. The summed E-state index contributed by atoms with van der Waals surface area (Å²) in [5.74, 6) is 0. The minimum Gasteiger partial charge on any atom is -0.105 e. The van der Waals surface area contributed by atoms with E-state index in [2.05, 4.69) is 64.7 Å². The molecule has 88 valence electrons. The zero-order valence-electron chi connectivity index (χ0n) is 10.3. The number of hydrogen-bond donors (Lipinski definition) is 0. The van der Waals surface area contributed by atoms with Crippen molar-refractivity contribution in [1.29, 1.82) is 0 Å². The van der Waals surface area contributed by atoms with Crippen LogP contribution >= 0.6 is 9.24 Å². The fourth-order valence-electron chi connectivity index (χ4n) is 2.13. The van der Waals surface area contributed by atoms with Crippen LogP contribution in [-0.2, 0) is 6.42 Å². The summed E-state index contributed by atoms with van der Waals surface area (Å²) in [5, 5.41) is 1.33. The summed E-state index contributed by atoms with van der Waals surface area (Å²) in [4.78, 5) is 0. The number of hydrogen-bond acceptors (Lipinski definition) is 0. The average molecular weight is 242 g/mol. The Hall–Kier alpha value is -1.13. The molecule has 0 saturated heterocycles. The van der Waals surface area contributed by atoms with Crippen LogP contribution in [0.1, 0.15) is 25.3 Å². The summed E-state index contributed by atoms with van der Waals surface area (Å²) in [6.07, 6.45) is 3.67. The van der Waals surface area contributed by atoms with Crippen molar-refractivity contribution in [3.63, 3.8) is 0 Å². The molecule has 1 atom stereocenters. The van der Waals surface area contributed by atoms with Gasteiger partial charge in [-0.05, 0) is 34.8 Å². The molecule has 2 rings (SSSR count). The maximum Gasteiger partial charge on any atom is -0.0146 e. The van der Waals surface area contributed by atoms with E-state index in [9.17, 15) is 0 Å². The van der Waals surface area contributed by atoms with Crippen LogP contribution in [-0.4, -0.2) is 0 Å². The van der Waals surface area contributed by atoms with Gasteiger partial charge in [-0.25, -0.2) is 0 Å². The highest BCUT2D eigenvalue weighted by Gasteiger charge is 2.06. The van der Waals surface area contributed by atoms with Crippen LogP contribution in [0.2, 0.25) is 0 Å². The average Bonchev–Trinajstić information content (AvgIpc) is 2.38. The molecular weight excluding hydrogens is 223 g/mol. The molecule has 0 heterocycles. The topological polar surface area (TPSA) is 0 Å². The maximum atomic E-state index is 2.87. The molecule has 2 aromatic carbocycles. The predicted octanol–water partition coefficient (Wildman–Crippen LogP) is 4.20. The lowest BCUT2D eigenvalue weighted by atomic mass is 9.96. The molecular formula is C16H19P. The molecule has 1 heteroatoms. The number of rotatable bonds is 4. The summed E-state index contributed by atoms with van der Waals surface area (Å²) in [6, 6.07) is 17.2. The summed E-state index contributed by atoms with van der Waals surface area (Å²) in [7, 11) is 2.87. The van der Waals surface area contributed by atoms with Crippen LogP contribution in [0.5, 0.6) is 0 Å². The molecule has 0 radical (unpaired) electrons. The molecule has 0 bridgehead atoms. The van der Waals surface area contributed by atoms with Gasteiger partial charge >= 0.3 is 0 Å². The Morgan fingerprint density at radius 1 is 0.941 bits per heavy atom.